The average Bonchev–Trinajstić information content (AvgIpc) is 2.44. The van der Waals surface area contributed by atoms with E-state index in [1.807, 2.05) is 0 Å². The molecule has 0 saturated carbocycles. The highest BCUT2D eigenvalue weighted by atomic mass is 16.5. The van der Waals surface area contributed by atoms with Crippen molar-refractivity contribution in [2.24, 2.45) is 0 Å². The zero-order valence-electron chi connectivity index (χ0n) is 14.1. The predicted molar refractivity (Wildman–Crippen MR) is 87.2 cm³/mol. The Balaban J connectivity index is 2.45. The lowest BCUT2D eigenvalue weighted by molar-refractivity contribution is 0.0340. The minimum absolute atomic E-state index is 0.237. The molecule has 1 aromatic rings. The van der Waals surface area contributed by atoms with Crippen molar-refractivity contribution in [2.45, 2.75) is 59.6 Å². The Morgan fingerprint density at radius 1 is 1.33 bits per heavy atom. The minimum atomic E-state index is 0.237. The molecule has 0 bridgehead atoms. The molecule has 2 heterocycles. The van der Waals surface area contributed by atoms with E-state index in [0.717, 1.165) is 42.7 Å². The van der Waals surface area contributed by atoms with Crippen LogP contribution in [0.5, 0.6) is 0 Å². The second kappa shape index (κ2) is 6.60. The molecule has 0 aromatic carbocycles. The Kier molecular flexibility index (Phi) is 5.04. The number of nitrogens with one attached hydrogen (secondary N) is 1. The molecule has 2 rings (SSSR count). The fraction of sp³-hybridized carbons (Fsp3) is 0.750. The van der Waals surface area contributed by atoms with Gasteiger partial charge in [0, 0.05) is 24.6 Å². The molecule has 0 amide bonds. The van der Waals surface area contributed by atoms with Gasteiger partial charge in [0.15, 0.2) is 0 Å². The van der Waals surface area contributed by atoms with Gasteiger partial charge in [0.2, 0.25) is 0 Å². The summed E-state index contributed by atoms with van der Waals surface area (Å²) in [6.07, 6.45) is 0.237. The van der Waals surface area contributed by atoms with Crippen LogP contribution < -0.4 is 10.2 Å². The molecule has 1 saturated heterocycles. The summed E-state index contributed by atoms with van der Waals surface area (Å²) in [5.74, 6) is 3.22. The lowest BCUT2D eigenvalue weighted by atomic mass is 10.1. The topological polar surface area (TPSA) is 50.3 Å². The number of ether oxygens (including phenoxy) is 1. The van der Waals surface area contributed by atoms with E-state index in [1.54, 1.807) is 0 Å². The van der Waals surface area contributed by atoms with Crippen molar-refractivity contribution in [1.82, 2.24) is 9.97 Å². The number of anilines is 2. The molecule has 2 unspecified atom stereocenters. The summed E-state index contributed by atoms with van der Waals surface area (Å²) in [7, 11) is 0. The highest BCUT2D eigenvalue weighted by Crippen LogP contribution is 2.29. The zero-order chi connectivity index (χ0) is 15.6. The Morgan fingerprint density at radius 2 is 2.05 bits per heavy atom. The van der Waals surface area contributed by atoms with E-state index in [4.69, 9.17) is 9.72 Å². The molecular weight excluding hydrogens is 264 g/mol. The van der Waals surface area contributed by atoms with Crippen molar-refractivity contribution in [3.05, 3.63) is 11.4 Å². The summed E-state index contributed by atoms with van der Waals surface area (Å²) in [6, 6.07) is 0.337. The number of hydrogen-bond acceptors (Lipinski definition) is 5. The van der Waals surface area contributed by atoms with Crippen LogP contribution in [-0.4, -0.2) is 41.8 Å². The van der Waals surface area contributed by atoms with Crippen molar-refractivity contribution < 1.29 is 4.74 Å². The number of rotatable bonds is 4. The zero-order valence-corrected chi connectivity index (χ0v) is 14.1. The maximum atomic E-state index is 5.74. The molecule has 5 heteroatoms. The van der Waals surface area contributed by atoms with Gasteiger partial charge >= 0.3 is 0 Å². The van der Waals surface area contributed by atoms with E-state index in [0.29, 0.717) is 12.0 Å². The maximum absolute atomic E-state index is 5.74. The second-order valence-corrected chi connectivity index (χ2v) is 6.21. The van der Waals surface area contributed by atoms with Crippen LogP contribution in [0.2, 0.25) is 0 Å². The molecule has 1 aliphatic rings. The van der Waals surface area contributed by atoms with Crippen LogP contribution in [-0.2, 0) is 4.74 Å². The third kappa shape index (κ3) is 3.46. The number of morpholine rings is 1. The summed E-state index contributed by atoms with van der Waals surface area (Å²) < 4.78 is 5.74. The molecule has 2 atom stereocenters. The van der Waals surface area contributed by atoms with Gasteiger partial charge in [-0.05, 0) is 27.7 Å². The molecule has 1 fully saturated rings. The quantitative estimate of drug-likeness (QED) is 0.924. The van der Waals surface area contributed by atoms with Gasteiger partial charge in [-0.25, -0.2) is 9.97 Å². The maximum Gasteiger partial charge on any atom is 0.137 e. The highest BCUT2D eigenvalue weighted by Gasteiger charge is 2.27. The summed E-state index contributed by atoms with van der Waals surface area (Å²) in [5.41, 5.74) is 1.13. The van der Waals surface area contributed by atoms with Crippen molar-refractivity contribution >= 4 is 11.6 Å². The molecule has 1 aliphatic heterocycles. The molecule has 0 spiro atoms. The van der Waals surface area contributed by atoms with Gasteiger partial charge in [-0.3, -0.25) is 0 Å². The van der Waals surface area contributed by atoms with Crippen LogP contribution in [0.3, 0.4) is 0 Å². The largest absolute Gasteiger partial charge is 0.375 e. The van der Waals surface area contributed by atoms with Crippen molar-refractivity contribution in [2.75, 3.05) is 29.9 Å². The van der Waals surface area contributed by atoms with Crippen LogP contribution in [0, 0.1) is 6.92 Å². The van der Waals surface area contributed by atoms with E-state index < -0.39 is 0 Å². The molecule has 0 radical (unpaired) electrons. The standard InChI is InChI=1S/C16H28N4O/c1-7-17-15-13(6)16(19-14(18-15)10(2)3)20-8-12(5)21-9-11(20)4/h10-12H,7-9H2,1-6H3,(H,17,18,19). The van der Waals surface area contributed by atoms with Gasteiger partial charge in [-0.15, -0.1) is 0 Å². The SMILES string of the molecule is CCNc1nc(C(C)C)nc(N2CC(C)OCC2C)c1C. The molecule has 118 valence electrons. The van der Waals surface area contributed by atoms with Crippen molar-refractivity contribution in [3.8, 4) is 0 Å². The summed E-state index contributed by atoms with van der Waals surface area (Å²) in [6.45, 7) is 15.3. The first-order valence-corrected chi connectivity index (χ1v) is 7.94. The normalized spacial score (nSPS) is 22.7. The van der Waals surface area contributed by atoms with E-state index in [9.17, 15) is 0 Å². The molecule has 1 aromatic heterocycles. The van der Waals surface area contributed by atoms with Crippen LogP contribution in [0.15, 0.2) is 0 Å². The van der Waals surface area contributed by atoms with Crippen LogP contribution in [0.1, 0.15) is 51.9 Å². The smallest absolute Gasteiger partial charge is 0.137 e. The first-order chi connectivity index (χ1) is 9.93. The molecule has 21 heavy (non-hydrogen) atoms. The van der Waals surface area contributed by atoms with Crippen molar-refractivity contribution in [1.29, 1.82) is 0 Å². The first-order valence-electron chi connectivity index (χ1n) is 7.94. The lowest BCUT2D eigenvalue weighted by Crippen LogP contribution is -2.48. The van der Waals surface area contributed by atoms with Crippen LogP contribution in [0.25, 0.3) is 0 Å². The van der Waals surface area contributed by atoms with E-state index in [2.05, 4.69) is 56.7 Å². The predicted octanol–water partition coefficient (Wildman–Crippen LogP) is 2.95. The van der Waals surface area contributed by atoms with Crippen LogP contribution in [0.4, 0.5) is 11.6 Å². The average molecular weight is 292 g/mol. The fourth-order valence-electron chi connectivity index (χ4n) is 2.60. The van der Waals surface area contributed by atoms with Gasteiger partial charge in [-0.2, -0.15) is 0 Å². The van der Waals surface area contributed by atoms with E-state index >= 15 is 0 Å². The monoisotopic (exact) mass is 292 g/mol. The summed E-state index contributed by atoms with van der Waals surface area (Å²) >= 11 is 0. The first kappa shape index (κ1) is 16.0. The van der Waals surface area contributed by atoms with Gasteiger partial charge in [0.05, 0.1) is 18.8 Å². The summed E-state index contributed by atoms with van der Waals surface area (Å²) in [5, 5.41) is 3.37. The van der Waals surface area contributed by atoms with Crippen LogP contribution >= 0.6 is 0 Å². The molecule has 5 nitrogen and oxygen atoms in total. The summed E-state index contributed by atoms with van der Waals surface area (Å²) in [4.78, 5) is 11.9. The van der Waals surface area contributed by atoms with Gasteiger partial charge in [-0.1, -0.05) is 13.8 Å². The number of aromatic nitrogens is 2. The Morgan fingerprint density at radius 3 is 2.67 bits per heavy atom. The third-order valence-electron chi connectivity index (χ3n) is 3.88. The number of nitrogens with zero attached hydrogens (tertiary/aromatic N) is 3. The molecular formula is C16H28N4O. The van der Waals surface area contributed by atoms with E-state index in [1.165, 1.54) is 0 Å². The van der Waals surface area contributed by atoms with E-state index in [-0.39, 0.29) is 6.10 Å². The fourth-order valence-corrected chi connectivity index (χ4v) is 2.60. The highest BCUT2D eigenvalue weighted by molar-refractivity contribution is 5.59. The minimum Gasteiger partial charge on any atom is -0.375 e. The Labute approximate surface area is 128 Å². The lowest BCUT2D eigenvalue weighted by Gasteiger charge is -2.38. The van der Waals surface area contributed by atoms with Crippen molar-refractivity contribution in [3.63, 3.8) is 0 Å². The molecule has 1 N–H and O–H groups in total. The van der Waals surface area contributed by atoms with Gasteiger partial charge < -0.3 is 15.0 Å². The van der Waals surface area contributed by atoms with Gasteiger partial charge in [0.1, 0.15) is 17.5 Å². The van der Waals surface area contributed by atoms with Gasteiger partial charge in [0.25, 0.3) is 0 Å². The third-order valence-corrected chi connectivity index (χ3v) is 3.88. The Hall–Kier alpha value is -1.36. The Bertz CT molecular complexity index is 489. The molecule has 0 aliphatic carbocycles. The second-order valence-electron chi connectivity index (χ2n) is 6.21. The number of hydrogen-bond donors (Lipinski definition) is 1.